The van der Waals surface area contributed by atoms with Crippen LogP contribution in [0.15, 0.2) is 30.3 Å². The van der Waals surface area contributed by atoms with E-state index in [9.17, 15) is 0 Å². The van der Waals surface area contributed by atoms with Crippen LogP contribution in [0, 0.1) is 5.92 Å². The Kier molecular flexibility index (Phi) is 4.41. The van der Waals surface area contributed by atoms with Crippen molar-refractivity contribution in [1.29, 1.82) is 0 Å². The summed E-state index contributed by atoms with van der Waals surface area (Å²) in [5.74, 6) is 0.709. The van der Waals surface area contributed by atoms with Crippen molar-refractivity contribution in [2.45, 2.75) is 38.6 Å². The lowest BCUT2D eigenvalue weighted by Crippen LogP contribution is -2.43. The highest BCUT2D eigenvalue weighted by atomic mass is 15.2. The van der Waals surface area contributed by atoms with Gasteiger partial charge in [0.05, 0.1) is 0 Å². The lowest BCUT2D eigenvalue weighted by molar-refractivity contribution is 0.139. The van der Waals surface area contributed by atoms with E-state index in [0.29, 0.717) is 11.5 Å². The number of rotatable bonds is 5. The van der Waals surface area contributed by atoms with Crippen molar-refractivity contribution in [3.8, 4) is 0 Å². The number of nitrogens with zero attached hydrogens (tertiary/aromatic N) is 1. The number of nitrogens with two attached hydrogens (primary N) is 1. The zero-order valence-corrected chi connectivity index (χ0v) is 11.7. The van der Waals surface area contributed by atoms with E-state index in [1.165, 1.54) is 31.5 Å². The van der Waals surface area contributed by atoms with Crippen LogP contribution in [0.2, 0.25) is 0 Å². The predicted molar refractivity (Wildman–Crippen MR) is 77.6 cm³/mol. The van der Waals surface area contributed by atoms with Gasteiger partial charge in [-0.15, -0.1) is 0 Å². The summed E-state index contributed by atoms with van der Waals surface area (Å²) >= 11 is 0. The molecule has 0 saturated carbocycles. The quantitative estimate of drug-likeness (QED) is 0.865. The van der Waals surface area contributed by atoms with Crippen LogP contribution >= 0.6 is 0 Å². The summed E-state index contributed by atoms with van der Waals surface area (Å²) in [6, 6.07) is 10.8. The van der Waals surface area contributed by atoms with Crippen molar-refractivity contribution in [3.63, 3.8) is 0 Å². The number of likely N-dealkylation sites (tertiary alicyclic amines) is 1. The lowest BCUT2D eigenvalue weighted by atomic mass is 9.93. The maximum Gasteiger partial charge on any atom is 0.0156 e. The molecule has 18 heavy (non-hydrogen) atoms. The fourth-order valence-corrected chi connectivity index (χ4v) is 2.83. The number of benzene rings is 1. The van der Waals surface area contributed by atoms with Crippen molar-refractivity contribution in [1.82, 2.24) is 4.90 Å². The standard InChI is InChI=1S/C16H26N2/c1-16(2,18-11-9-15(12-17)13-18)10-8-14-6-4-3-5-7-14/h3-7,15H,8-13,17H2,1-2H3. The van der Waals surface area contributed by atoms with E-state index < -0.39 is 0 Å². The minimum atomic E-state index is 0.291. The van der Waals surface area contributed by atoms with E-state index >= 15 is 0 Å². The molecular weight excluding hydrogens is 220 g/mol. The van der Waals surface area contributed by atoms with Gasteiger partial charge < -0.3 is 5.73 Å². The predicted octanol–water partition coefficient (Wildman–Crippen LogP) is 2.68. The Labute approximate surface area is 111 Å². The van der Waals surface area contributed by atoms with Crippen LogP contribution in [0.25, 0.3) is 0 Å². The first kappa shape index (κ1) is 13.6. The monoisotopic (exact) mass is 246 g/mol. The molecule has 1 aliphatic rings. The third-order valence-electron chi connectivity index (χ3n) is 4.34. The largest absolute Gasteiger partial charge is 0.330 e. The molecule has 2 heteroatoms. The third kappa shape index (κ3) is 3.33. The molecular formula is C16H26N2. The third-order valence-corrected chi connectivity index (χ3v) is 4.34. The lowest BCUT2D eigenvalue weighted by Gasteiger charge is -2.36. The number of hydrogen-bond acceptors (Lipinski definition) is 2. The second-order valence-electron chi connectivity index (χ2n) is 6.13. The molecule has 1 fully saturated rings. The molecule has 1 aromatic rings. The Morgan fingerprint density at radius 2 is 2.00 bits per heavy atom. The van der Waals surface area contributed by atoms with Gasteiger partial charge in [-0.05, 0) is 57.7 Å². The molecule has 1 heterocycles. The fraction of sp³-hybridized carbons (Fsp3) is 0.625. The molecule has 0 aliphatic carbocycles. The Hall–Kier alpha value is -0.860. The van der Waals surface area contributed by atoms with Gasteiger partial charge in [-0.2, -0.15) is 0 Å². The van der Waals surface area contributed by atoms with Gasteiger partial charge in [0.25, 0.3) is 0 Å². The highest BCUT2D eigenvalue weighted by Gasteiger charge is 2.32. The second kappa shape index (κ2) is 5.85. The highest BCUT2D eigenvalue weighted by Crippen LogP contribution is 2.27. The van der Waals surface area contributed by atoms with Crippen molar-refractivity contribution in [2.75, 3.05) is 19.6 Å². The van der Waals surface area contributed by atoms with E-state index in [1.807, 2.05) is 0 Å². The molecule has 1 atom stereocenters. The van der Waals surface area contributed by atoms with Crippen LogP contribution < -0.4 is 5.73 Å². The maximum atomic E-state index is 5.78. The van der Waals surface area contributed by atoms with Gasteiger partial charge in [0.15, 0.2) is 0 Å². The average Bonchev–Trinajstić information content (AvgIpc) is 2.87. The molecule has 1 unspecified atom stereocenters. The number of aryl methyl sites for hydroxylation is 1. The van der Waals surface area contributed by atoms with Crippen LogP contribution in [0.3, 0.4) is 0 Å². The summed E-state index contributed by atoms with van der Waals surface area (Å²) in [6.45, 7) is 7.97. The second-order valence-corrected chi connectivity index (χ2v) is 6.13. The van der Waals surface area contributed by atoms with Gasteiger partial charge >= 0.3 is 0 Å². The van der Waals surface area contributed by atoms with Crippen molar-refractivity contribution in [2.24, 2.45) is 11.7 Å². The van der Waals surface area contributed by atoms with Gasteiger partial charge in [0.1, 0.15) is 0 Å². The minimum Gasteiger partial charge on any atom is -0.330 e. The van der Waals surface area contributed by atoms with Crippen LogP contribution in [0.1, 0.15) is 32.3 Å². The van der Waals surface area contributed by atoms with Crippen LogP contribution in [-0.4, -0.2) is 30.1 Å². The van der Waals surface area contributed by atoms with E-state index in [4.69, 9.17) is 5.73 Å². The summed E-state index contributed by atoms with van der Waals surface area (Å²) in [5.41, 5.74) is 7.51. The molecule has 0 spiro atoms. The highest BCUT2D eigenvalue weighted by molar-refractivity contribution is 5.15. The van der Waals surface area contributed by atoms with Gasteiger partial charge in [-0.1, -0.05) is 30.3 Å². The molecule has 0 aromatic heterocycles. The molecule has 0 radical (unpaired) electrons. The fourth-order valence-electron chi connectivity index (χ4n) is 2.83. The summed E-state index contributed by atoms with van der Waals surface area (Å²) in [6.07, 6.45) is 3.65. The first-order valence-corrected chi connectivity index (χ1v) is 7.11. The average molecular weight is 246 g/mol. The van der Waals surface area contributed by atoms with Gasteiger partial charge in [-0.3, -0.25) is 4.90 Å². The van der Waals surface area contributed by atoms with E-state index in [2.05, 4.69) is 49.1 Å². The molecule has 0 amide bonds. The first-order chi connectivity index (χ1) is 8.62. The molecule has 0 bridgehead atoms. The van der Waals surface area contributed by atoms with Crippen molar-refractivity contribution >= 4 is 0 Å². The topological polar surface area (TPSA) is 29.3 Å². The van der Waals surface area contributed by atoms with Crippen LogP contribution in [-0.2, 0) is 6.42 Å². The van der Waals surface area contributed by atoms with Gasteiger partial charge in [-0.25, -0.2) is 0 Å². The number of hydrogen-bond donors (Lipinski definition) is 1. The Balaban J connectivity index is 1.88. The first-order valence-electron chi connectivity index (χ1n) is 7.11. The van der Waals surface area contributed by atoms with Gasteiger partial charge in [0.2, 0.25) is 0 Å². The van der Waals surface area contributed by atoms with E-state index in [1.54, 1.807) is 0 Å². The molecule has 100 valence electrons. The van der Waals surface area contributed by atoms with Gasteiger partial charge in [0, 0.05) is 12.1 Å². The van der Waals surface area contributed by atoms with Crippen molar-refractivity contribution in [3.05, 3.63) is 35.9 Å². The Morgan fingerprint density at radius 3 is 2.61 bits per heavy atom. The van der Waals surface area contributed by atoms with Crippen LogP contribution in [0.5, 0.6) is 0 Å². The molecule has 1 aromatic carbocycles. The molecule has 1 saturated heterocycles. The smallest absolute Gasteiger partial charge is 0.0156 e. The zero-order valence-electron chi connectivity index (χ0n) is 11.7. The minimum absolute atomic E-state index is 0.291. The summed E-state index contributed by atoms with van der Waals surface area (Å²) in [4.78, 5) is 2.62. The Bertz CT molecular complexity index is 359. The molecule has 2 nitrogen and oxygen atoms in total. The van der Waals surface area contributed by atoms with E-state index in [0.717, 1.165) is 13.0 Å². The molecule has 2 rings (SSSR count). The van der Waals surface area contributed by atoms with Crippen molar-refractivity contribution < 1.29 is 0 Å². The Morgan fingerprint density at radius 1 is 1.28 bits per heavy atom. The SMILES string of the molecule is CC(C)(CCc1ccccc1)N1CCC(CN)C1. The molecule has 2 N–H and O–H groups in total. The molecule has 1 aliphatic heterocycles. The zero-order chi connectivity index (χ0) is 13.0. The maximum absolute atomic E-state index is 5.78. The normalized spacial score (nSPS) is 21.4. The van der Waals surface area contributed by atoms with Crippen LogP contribution in [0.4, 0.5) is 0 Å². The van der Waals surface area contributed by atoms with E-state index in [-0.39, 0.29) is 0 Å². The summed E-state index contributed by atoms with van der Waals surface area (Å²) in [7, 11) is 0. The summed E-state index contributed by atoms with van der Waals surface area (Å²) < 4.78 is 0. The summed E-state index contributed by atoms with van der Waals surface area (Å²) in [5, 5.41) is 0.